The van der Waals surface area contributed by atoms with E-state index >= 15 is 0 Å². The van der Waals surface area contributed by atoms with Gasteiger partial charge in [0.25, 0.3) is 18.2 Å². The van der Waals surface area contributed by atoms with E-state index in [2.05, 4.69) is 20.6 Å². The van der Waals surface area contributed by atoms with Crippen molar-refractivity contribution in [2.75, 3.05) is 11.9 Å². The largest absolute Gasteiger partial charge is 0.379 e. The van der Waals surface area contributed by atoms with Crippen LogP contribution in [-0.2, 0) is 10.3 Å². The summed E-state index contributed by atoms with van der Waals surface area (Å²) in [5.41, 5.74) is 2.62. The van der Waals surface area contributed by atoms with E-state index in [4.69, 9.17) is 11.0 Å². The minimum atomic E-state index is -3.19. The maximum atomic E-state index is 14.4. The number of aliphatic imine (C=N–C) groups is 1. The number of nitrogens with zero attached hydrogens (tertiary/aromatic N) is 3. The lowest BCUT2D eigenvalue weighted by molar-refractivity contribution is -0.116. The summed E-state index contributed by atoms with van der Waals surface area (Å²) in [7, 11) is 0. The third kappa shape index (κ3) is 3.73. The third-order valence-electron chi connectivity index (χ3n) is 4.25. The molecule has 1 atom stereocenters. The first-order chi connectivity index (χ1) is 13.8. The summed E-state index contributed by atoms with van der Waals surface area (Å²) in [5, 5.41) is 13.3. The molecule has 2 aromatic rings. The van der Waals surface area contributed by atoms with Gasteiger partial charge in [0, 0.05) is 17.4 Å². The van der Waals surface area contributed by atoms with Crippen molar-refractivity contribution >= 4 is 23.3 Å². The Balaban J connectivity index is 1.96. The second-order valence-corrected chi connectivity index (χ2v) is 6.10. The number of pyridine rings is 1. The Morgan fingerprint density at radius 1 is 1.34 bits per heavy atom. The molecule has 1 aromatic carbocycles. The first kappa shape index (κ1) is 19.8. The summed E-state index contributed by atoms with van der Waals surface area (Å²) >= 11 is 0. The van der Waals surface area contributed by atoms with Crippen LogP contribution in [0.4, 0.5) is 18.9 Å². The van der Waals surface area contributed by atoms with Gasteiger partial charge in [-0.05, 0) is 30.3 Å². The Kier molecular flexibility index (Phi) is 5.18. The van der Waals surface area contributed by atoms with Gasteiger partial charge in [0.15, 0.2) is 11.4 Å². The number of benzene rings is 1. The summed E-state index contributed by atoms with van der Waals surface area (Å²) in [6.45, 7) is -0.671. The molecule has 0 fully saturated rings. The van der Waals surface area contributed by atoms with E-state index in [9.17, 15) is 22.8 Å². The summed E-state index contributed by atoms with van der Waals surface area (Å²) in [5.74, 6) is -3.24. The van der Waals surface area contributed by atoms with Crippen molar-refractivity contribution in [3.63, 3.8) is 0 Å². The maximum Gasteiger partial charge on any atom is 0.286 e. The molecule has 0 saturated heterocycles. The zero-order chi connectivity index (χ0) is 21.2. The molecule has 0 bridgehead atoms. The molecule has 2 heterocycles. The molecule has 8 nitrogen and oxygen atoms in total. The van der Waals surface area contributed by atoms with Crippen LogP contribution in [0.25, 0.3) is 0 Å². The highest BCUT2D eigenvalue weighted by Gasteiger charge is 2.47. The number of nitrogens with two attached hydrogens (primary N) is 1. The molecule has 11 heteroatoms. The molecule has 1 aliphatic heterocycles. The molecule has 1 aromatic heterocycles. The van der Waals surface area contributed by atoms with Crippen molar-refractivity contribution in [1.82, 2.24) is 10.3 Å². The SMILES string of the molecule is N#Cc1ccc(C(=O)Nc2ccc(F)c(C3(C(F)F)CNC(=O)C(N)=N3)c2)nc1. The van der Waals surface area contributed by atoms with Gasteiger partial charge in [-0.3, -0.25) is 9.59 Å². The summed E-state index contributed by atoms with van der Waals surface area (Å²) in [6.07, 6.45) is -2.00. The lowest BCUT2D eigenvalue weighted by Crippen LogP contribution is -2.54. The van der Waals surface area contributed by atoms with Crippen molar-refractivity contribution in [2.24, 2.45) is 10.7 Å². The van der Waals surface area contributed by atoms with Crippen molar-refractivity contribution in [1.29, 1.82) is 5.26 Å². The molecule has 1 unspecified atom stereocenters. The number of hydrogen-bond acceptors (Lipinski definition) is 6. The number of aromatic nitrogens is 1. The van der Waals surface area contributed by atoms with E-state index in [0.717, 1.165) is 12.1 Å². The fraction of sp³-hybridized carbons (Fsp3) is 0.167. The average Bonchev–Trinajstić information content (AvgIpc) is 2.71. The Bertz CT molecular complexity index is 1050. The molecular formula is C18H13F3N6O2. The van der Waals surface area contributed by atoms with Crippen LogP contribution in [0.2, 0.25) is 0 Å². The number of amidine groups is 1. The molecule has 3 rings (SSSR count). The van der Waals surface area contributed by atoms with E-state index in [1.165, 1.54) is 24.4 Å². The predicted octanol–water partition coefficient (Wildman–Crippen LogP) is 1.29. The summed E-state index contributed by atoms with van der Waals surface area (Å²) in [4.78, 5) is 31.1. The topological polar surface area (TPSA) is 133 Å². The van der Waals surface area contributed by atoms with E-state index in [1.807, 2.05) is 6.07 Å². The van der Waals surface area contributed by atoms with Crippen molar-refractivity contribution in [3.8, 4) is 6.07 Å². The molecule has 29 heavy (non-hydrogen) atoms. The molecule has 0 radical (unpaired) electrons. The van der Waals surface area contributed by atoms with Crippen LogP contribution in [0.1, 0.15) is 21.6 Å². The van der Waals surface area contributed by atoms with Crippen molar-refractivity contribution < 1.29 is 22.8 Å². The lowest BCUT2D eigenvalue weighted by Gasteiger charge is -2.33. The first-order valence-corrected chi connectivity index (χ1v) is 8.16. The molecule has 148 valence electrons. The highest BCUT2D eigenvalue weighted by molar-refractivity contribution is 6.37. The molecule has 4 N–H and O–H groups in total. The standard InChI is InChI=1S/C18H13F3N6O2/c19-12-3-2-10(26-15(28)13-4-1-9(6-22)7-24-13)5-11(12)18(17(20)21)8-25-16(29)14(23)27-18/h1-5,7,17H,8H2,(H2,23,27)(H,25,29)(H,26,28). The minimum absolute atomic E-state index is 0.00301. The monoisotopic (exact) mass is 402 g/mol. The quantitative estimate of drug-likeness (QED) is 0.709. The summed E-state index contributed by atoms with van der Waals surface area (Å²) in [6, 6.07) is 7.61. The van der Waals surface area contributed by atoms with Crippen LogP contribution in [0.5, 0.6) is 0 Å². The van der Waals surface area contributed by atoms with Crippen LogP contribution in [-0.4, -0.2) is 35.6 Å². The van der Waals surface area contributed by atoms with E-state index in [-0.39, 0.29) is 16.9 Å². The fourth-order valence-corrected chi connectivity index (χ4v) is 2.73. The van der Waals surface area contributed by atoms with Gasteiger partial charge >= 0.3 is 0 Å². The van der Waals surface area contributed by atoms with Gasteiger partial charge in [-0.25, -0.2) is 23.1 Å². The van der Waals surface area contributed by atoms with Crippen LogP contribution in [0.15, 0.2) is 41.5 Å². The van der Waals surface area contributed by atoms with Gasteiger partial charge < -0.3 is 16.4 Å². The number of nitrogens with one attached hydrogen (secondary N) is 2. The maximum absolute atomic E-state index is 14.4. The second-order valence-electron chi connectivity index (χ2n) is 6.10. The highest BCUT2D eigenvalue weighted by atomic mass is 19.3. The summed E-state index contributed by atoms with van der Waals surface area (Å²) < 4.78 is 42.2. The lowest BCUT2D eigenvalue weighted by atomic mass is 9.88. The second kappa shape index (κ2) is 7.59. The Labute approximate surface area is 162 Å². The van der Waals surface area contributed by atoms with E-state index in [1.54, 1.807) is 0 Å². The normalized spacial score (nSPS) is 18.6. The third-order valence-corrected chi connectivity index (χ3v) is 4.25. The van der Waals surface area contributed by atoms with Gasteiger partial charge in [0.1, 0.15) is 17.6 Å². The van der Waals surface area contributed by atoms with Crippen LogP contribution < -0.4 is 16.4 Å². The number of alkyl halides is 2. The van der Waals surface area contributed by atoms with Gasteiger partial charge in [-0.1, -0.05) is 0 Å². The van der Waals surface area contributed by atoms with E-state index < -0.39 is 47.5 Å². The Morgan fingerprint density at radius 2 is 2.10 bits per heavy atom. The Hall–Kier alpha value is -3.94. The number of hydrogen-bond donors (Lipinski definition) is 3. The molecule has 1 aliphatic rings. The molecule has 0 saturated carbocycles. The first-order valence-electron chi connectivity index (χ1n) is 8.16. The van der Waals surface area contributed by atoms with Gasteiger partial charge in [-0.15, -0.1) is 0 Å². The van der Waals surface area contributed by atoms with Crippen LogP contribution >= 0.6 is 0 Å². The van der Waals surface area contributed by atoms with Crippen molar-refractivity contribution in [2.45, 2.75) is 12.0 Å². The fourth-order valence-electron chi connectivity index (χ4n) is 2.73. The highest BCUT2D eigenvalue weighted by Crippen LogP contribution is 2.37. The molecule has 0 spiro atoms. The predicted molar refractivity (Wildman–Crippen MR) is 95.6 cm³/mol. The number of rotatable bonds is 4. The minimum Gasteiger partial charge on any atom is -0.379 e. The van der Waals surface area contributed by atoms with Gasteiger partial charge in [0.05, 0.1) is 12.1 Å². The van der Waals surface area contributed by atoms with Gasteiger partial charge in [0.2, 0.25) is 0 Å². The Morgan fingerprint density at radius 3 is 2.69 bits per heavy atom. The number of anilines is 1. The average molecular weight is 402 g/mol. The number of nitriles is 1. The van der Waals surface area contributed by atoms with Crippen LogP contribution in [0, 0.1) is 17.1 Å². The molecule has 0 aliphatic carbocycles. The smallest absolute Gasteiger partial charge is 0.286 e. The molecule has 2 amide bonds. The molecular weight excluding hydrogens is 389 g/mol. The van der Waals surface area contributed by atoms with E-state index in [0.29, 0.717) is 0 Å². The number of carbonyl (C=O) groups excluding carboxylic acids is 2. The number of amides is 2. The zero-order valence-electron chi connectivity index (χ0n) is 14.6. The zero-order valence-corrected chi connectivity index (χ0v) is 14.6. The van der Waals surface area contributed by atoms with Crippen molar-refractivity contribution in [3.05, 3.63) is 59.2 Å². The number of carbonyl (C=O) groups is 2. The van der Waals surface area contributed by atoms with Gasteiger partial charge in [-0.2, -0.15) is 5.26 Å². The number of halogens is 3. The van der Waals surface area contributed by atoms with Crippen LogP contribution in [0.3, 0.4) is 0 Å².